The fraction of sp³-hybridized carbons (Fsp3) is 0.312. The van der Waals surface area contributed by atoms with Gasteiger partial charge >= 0.3 is 0 Å². The fourth-order valence-electron chi connectivity index (χ4n) is 2.06. The van der Waals surface area contributed by atoms with E-state index in [4.69, 9.17) is 10.5 Å². The van der Waals surface area contributed by atoms with Gasteiger partial charge in [0.25, 0.3) is 11.5 Å². The van der Waals surface area contributed by atoms with E-state index in [0.29, 0.717) is 48.9 Å². The SMILES string of the molecule is Cc1cc(=O)[nH]c(CCNC(=O)c2cccc(OCCN)c2)n1. The smallest absolute Gasteiger partial charge is 0.251 e. The number of nitrogens with two attached hydrogens (primary N) is 1. The molecule has 7 nitrogen and oxygen atoms in total. The second-order valence-electron chi connectivity index (χ2n) is 5.00. The van der Waals surface area contributed by atoms with Gasteiger partial charge in [0.2, 0.25) is 0 Å². The van der Waals surface area contributed by atoms with E-state index in [9.17, 15) is 9.59 Å². The first-order chi connectivity index (χ1) is 11.1. The van der Waals surface area contributed by atoms with Crippen LogP contribution in [0.25, 0.3) is 0 Å². The lowest BCUT2D eigenvalue weighted by molar-refractivity contribution is 0.0953. The zero-order valence-corrected chi connectivity index (χ0v) is 13.0. The molecule has 2 aromatic rings. The summed E-state index contributed by atoms with van der Waals surface area (Å²) in [5.74, 6) is 0.946. The van der Waals surface area contributed by atoms with Crippen LogP contribution < -0.4 is 21.3 Å². The quantitative estimate of drug-likeness (QED) is 0.684. The molecule has 0 saturated heterocycles. The normalized spacial score (nSPS) is 10.3. The molecule has 1 amide bonds. The van der Waals surface area contributed by atoms with Crippen LogP contribution in [-0.2, 0) is 6.42 Å². The Morgan fingerprint density at radius 1 is 1.39 bits per heavy atom. The standard InChI is InChI=1S/C16H20N4O3/c1-11-9-15(21)20-14(19-11)5-7-18-16(22)12-3-2-4-13(10-12)23-8-6-17/h2-4,9-10H,5-8,17H2,1H3,(H,18,22)(H,19,20,21). The topological polar surface area (TPSA) is 110 Å². The molecule has 0 fully saturated rings. The second kappa shape index (κ2) is 8.09. The van der Waals surface area contributed by atoms with Crippen LogP contribution in [0.4, 0.5) is 0 Å². The summed E-state index contributed by atoms with van der Waals surface area (Å²) in [6, 6.07) is 8.32. The highest BCUT2D eigenvalue weighted by atomic mass is 16.5. The van der Waals surface area contributed by atoms with Crippen molar-refractivity contribution in [2.24, 2.45) is 5.73 Å². The van der Waals surface area contributed by atoms with Crippen LogP contribution in [0.1, 0.15) is 21.9 Å². The summed E-state index contributed by atoms with van der Waals surface area (Å²) in [6.45, 7) is 2.94. The molecule has 0 saturated carbocycles. The lowest BCUT2D eigenvalue weighted by Gasteiger charge is -2.08. The molecular weight excluding hydrogens is 296 g/mol. The number of nitrogens with one attached hydrogen (secondary N) is 2. The summed E-state index contributed by atoms with van der Waals surface area (Å²) >= 11 is 0. The summed E-state index contributed by atoms with van der Waals surface area (Å²) in [7, 11) is 0. The van der Waals surface area contributed by atoms with Crippen molar-refractivity contribution >= 4 is 5.91 Å². The van der Waals surface area contributed by atoms with Crippen molar-refractivity contribution < 1.29 is 9.53 Å². The monoisotopic (exact) mass is 316 g/mol. The molecule has 122 valence electrons. The van der Waals surface area contributed by atoms with Gasteiger partial charge in [-0.1, -0.05) is 6.07 Å². The Morgan fingerprint density at radius 3 is 2.96 bits per heavy atom. The third-order valence-corrected chi connectivity index (χ3v) is 3.05. The molecule has 4 N–H and O–H groups in total. The van der Waals surface area contributed by atoms with Gasteiger partial charge in [-0.3, -0.25) is 9.59 Å². The minimum absolute atomic E-state index is 0.191. The number of benzene rings is 1. The van der Waals surface area contributed by atoms with E-state index in [1.807, 2.05) is 0 Å². The van der Waals surface area contributed by atoms with E-state index in [1.165, 1.54) is 6.07 Å². The Morgan fingerprint density at radius 2 is 2.22 bits per heavy atom. The minimum Gasteiger partial charge on any atom is -0.492 e. The first-order valence-electron chi connectivity index (χ1n) is 7.36. The molecule has 0 aliphatic carbocycles. The first-order valence-corrected chi connectivity index (χ1v) is 7.36. The van der Waals surface area contributed by atoms with E-state index < -0.39 is 0 Å². The van der Waals surface area contributed by atoms with Gasteiger partial charge in [-0.05, 0) is 25.1 Å². The van der Waals surface area contributed by atoms with Gasteiger partial charge in [0.1, 0.15) is 18.2 Å². The number of amides is 1. The molecule has 0 radical (unpaired) electrons. The third-order valence-electron chi connectivity index (χ3n) is 3.05. The highest BCUT2D eigenvalue weighted by molar-refractivity contribution is 5.94. The number of hydrogen-bond donors (Lipinski definition) is 3. The zero-order chi connectivity index (χ0) is 16.7. The van der Waals surface area contributed by atoms with Crippen LogP contribution in [0.15, 0.2) is 35.1 Å². The maximum atomic E-state index is 12.1. The molecule has 23 heavy (non-hydrogen) atoms. The number of nitrogens with zero attached hydrogens (tertiary/aromatic N) is 1. The maximum Gasteiger partial charge on any atom is 0.251 e. The molecule has 0 unspecified atom stereocenters. The predicted molar refractivity (Wildman–Crippen MR) is 86.6 cm³/mol. The maximum absolute atomic E-state index is 12.1. The number of carbonyl (C=O) groups is 1. The lowest BCUT2D eigenvalue weighted by atomic mass is 10.2. The molecule has 1 heterocycles. The van der Waals surface area contributed by atoms with E-state index in [2.05, 4.69) is 15.3 Å². The second-order valence-corrected chi connectivity index (χ2v) is 5.00. The Labute approximate surface area is 133 Å². The summed E-state index contributed by atoms with van der Waals surface area (Å²) in [6.07, 6.45) is 0.450. The summed E-state index contributed by atoms with van der Waals surface area (Å²) < 4.78 is 5.39. The first kappa shape index (κ1) is 16.7. The molecule has 7 heteroatoms. The van der Waals surface area contributed by atoms with E-state index in [0.717, 1.165) is 0 Å². The van der Waals surface area contributed by atoms with Gasteiger partial charge in [0.15, 0.2) is 0 Å². The number of rotatable bonds is 7. The van der Waals surface area contributed by atoms with E-state index in [1.54, 1.807) is 31.2 Å². The van der Waals surface area contributed by atoms with Gasteiger partial charge in [0, 0.05) is 36.8 Å². The van der Waals surface area contributed by atoms with E-state index in [-0.39, 0.29) is 11.5 Å². The Bertz CT molecular complexity index is 727. The largest absolute Gasteiger partial charge is 0.492 e. The number of carbonyl (C=O) groups excluding carboxylic acids is 1. The zero-order valence-electron chi connectivity index (χ0n) is 13.0. The highest BCUT2D eigenvalue weighted by Gasteiger charge is 2.07. The van der Waals surface area contributed by atoms with Gasteiger partial charge < -0.3 is 20.8 Å². The Balaban J connectivity index is 1.90. The Hall–Kier alpha value is -2.67. The molecule has 0 atom stereocenters. The molecule has 1 aromatic carbocycles. The van der Waals surface area contributed by atoms with Crippen molar-refractivity contribution in [2.75, 3.05) is 19.7 Å². The molecule has 2 rings (SSSR count). The van der Waals surface area contributed by atoms with Gasteiger partial charge in [-0.2, -0.15) is 0 Å². The molecule has 1 aromatic heterocycles. The van der Waals surface area contributed by atoms with Crippen LogP contribution in [-0.4, -0.2) is 35.6 Å². The van der Waals surface area contributed by atoms with Crippen molar-refractivity contribution in [2.45, 2.75) is 13.3 Å². The molecule has 0 aliphatic rings. The number of aryl methyl sites for hydroxylation is 1. The summed E-state index contributed by atoms with van der Waals surface area (Å²) in [4.78, 5) is 30.3. The van der Waals surface area contributed by atoms with Crippen molar-refractivity contribution in [3.63, 3.8) is 0 Å². The van der Waals surface area contributed by atoms with Crippen molar-refractivity contribution in [3.05, 3.63) is 57.8 Å². The predicted octanol–water partition coefficient (Wildman–Crippen LogP) is 0.388. The van der Waals surface area contributed by atoms with Gasteiger partial charge in [-0.25, -0.2) is 4.98 Å². The van der Waals surface area contributed by atoms with Gasteiger partial charge in [0.05, 0.1) is 0 Å². The van der Waals surface area contributed by atoms with Crippen molar-refractivity contribution in [3.8, 4) is 5.75 Å². The average molecular weight is 316 g/mol. The third kappa shape index (κ3) is 5.23. The van der Waals surface area contributed by atoms with Crippen LogP contribution in [0.3, 0.4) is 0 Å². The molecular formula is C16H20N4O3. The van der Waals surface area contributed by atoms with E-state index >= 15 is 0 Å². The summed E-state index contributed by atoms with van der Waals surface area (Å²) in [5, 5.41) is 2.79. The lowest BCUT2D eigenvalue weighted by Crippen LogP contribution is -2.27. The van der Waals surface area contributed by atoms with Crippen LogP contribution >= 0.6 is 0 Å². The summed E-state index contributed by atoms with van der Waals surface area (Å²) in [5.41, 5.74) is 6.35. The van der Waals surface area contributed by atoms with Crippen LogP contribution in [0.2, 0.25) is 0 Å². The molecule has 0 aliphatic heterocycles. The number of H-pyrrole nitrogens is 1. The van der Waals surface area contributed by atoms with Crippen molar-refractivity contribution in [1.29, 1.82) is 0 Å². The molecule has 0 spiro atoms. The van der Waals surface area contributed by atoms with Crippen LogP contribution in [0, 0.1) is 6.92 Å². The highest BCUT2D eigenvalue weighted by Crippen LogP contribution is 2.13. The fourth-order valence-corrected chi connectivity index (χ4v) is 2.06. The molecule has 0 bridgehead atoms. The number of aromatic amines is 1. The van der Waals surface area contributed by atoms with Crippen molar-refractivity contribution in [1.82, 2.24) is 15.3 Å². The average Bonchev–Trinajstić information content (AvgIpc) is 2.52. The minimum atomic E-state index is -0.210. The van der Waals surface area contributed by atoms with Gasteiger partial charge in [-0.15, -0.1) is 0 Å². The number of hydrogen-bond acceptors (Lipinski definition) is 5. The van der Waals surface area contributed by atoms with Crippen LogP contribution in [0.5, 0.6) is 5.75 Å². The Kier molecular flexibility index (Phi) is 5.87. The number of ether oxygens (including phenoxy) is 1. The number of aromatic nitrogens is 2.